The molecule has 0 saturated heterocycles. The van der Waals surface area contributed by atoms with E-state index in [1.54, 1.807) is 0 Å². The van der Waals surface area contributed by atoms with Gasteiger partial charge in [0.05, 0.1) is 0 Å². The summed E-state index contributed by atoms with van der Waals surface area (Å²) in [4.78, 5) is 12.2. The zero-order chi connectivity index (χ0) is 12.1. The van der Waals surface area contributed by atoms with Gasteiger partial charge >= 0.3 is 104 Å². The van der Waals surface area contributed by atoms with Gasteiger partial charge in [-0.3, -0.25) is 0 Å². The predicted molar refractivity (Wildman–Crippen MR) is 67.6 cm³/mol. The van der Waals surface area contributed by atoms with Gasteiger partial charge in [0, 0.05) is 0 Å². The van der Waals surface area contributed by atoms with E-state index in [4.69, 9.17) is 4.74 Å². The number of ether oxygens (including phenoxy) is 1. The molecule has 0 fully saturated rings. The van der Waals surface area contributed by atoms with E-state index in [-0.39, 0.29) is 11.9 Å². The molecule has 0 aliphatic carbocycles. The van der Waals surface area contributed by atoms with Crippen molar-refractivity contribution in [3.05, 3.63) is 23.8 Å². The van der Waals surface area contributed by atoms with Gasteiger partial charge in [0.2, 0.25) is 0 Å². The van der Waals surface area contributed by atoms with Crippen LogP contribution in [0.25, 0.3) is 0 Å². The molecule has 0 saturated carbocycles. The van der Waals surface area contributed by atoms with E-state index in [1.807, 2.05) is 6.08 Å². The Labute approximate surface area is 104 Å². The van der Waals surface area contributed by atoms with Gasteiger partial charge < -0.3 is 0 Å². The zero-order valence-electron chi connectivity index (χ0n) is 10.3. The van der Waals surface area contributed by atoms with Crippen LogP contribution < -0.4 is 0 Å². The maximum absolute atomic E-state index is 11.7. The summed E-state index contributed by atoms with van der Waals surface area (Å²) in [6.07, 6.45) is 3.63. The first-order valence-corrected chi connectivity index (χ1v) is 7.75. The van der Waals surface area contributed by atoms with E-state index in [9.17, 15) is 4.79 Å². The molecule has 0 amide bonds. The van der Waals surface area contributed by atoms with Gasteiger partial charge in [0.15, 0.2) is 0 Å². The fraction of sp³-hybridized carbons (Fsp3) is 0.615. The molecule has 0 spiro atoms. The minimum atomic E-state index is -0.0703. The van der Waals surface area contributed by atoms with Crippen molar-refractivity contribution in [1.82, 2.24) is 0 Å². The summed E-state index contributed by atoms with van der Waals surface area (Å²) in [5.41, 5.74) is 2.97. The number of allylic oxidation sites excluding steroid dienone is 3. The van der Waals surface area contributed by atoms with Gasteiger partial charge in [0.1, 0.15) is 0 Å². The van der Waals surface area contributed by atoms with Gasteiger partial charge in [-0.25, -0.2) is 0 Å². The summed E-state index contributed by atoms with van der Waals surface area (Å²) in [5, 5.41) is 1.17. The Morgan fingerprint density at radius 1 is 1.62 bits per heavy atom. The molecule has 0 aromatic heterocycles. The topological polar surface area (TPSA) is 26.3 Å². The molecule has 1 aliphatic rings. The molecule has 2 unspecified atom stereocenters. The summed E-state index contributed by atoms with van der Waals surface area (Å²) >= 11 is 0.519. The third-order valence-corrected chi connectivity index (χ3v) is 6.32. The van der Waals surface area contributed by atoms with E-state index in [2.05, 4.69) is 20.4 Å². The Kier molecular flexibility index (Phi) is 5.30. The Bertz CT molecular complexity index is 307. The SMILES string of the molecule is C=CCC(C(=O)OC)C1CC(C)=C(C)C[Se]1. The van der Waals surface area contributed by atoms with E-state index in [0.717, 1.165) is 12.8 Å². The van der Waals surface area contributed by atoms with Gasteiger partial charge in [0.25, 0.3) is 0 Å². The second kappa shape index (κ2) is 6.27. The first kappa shape index (κ1) is 13.5. The molecule has 2 nitrogen and oxygen atoms in total. The zero-order valence-corrected chi connectivity index (χ0v) is 12.0. The van der Waals surface area contributed by atoms with Crippen LogP contribution in [0.1, 0.15) is 26.7 Å². The summed E-state index contributed by atoms with van der Waals surface area (Å²) in [6, 6.07) is 0. The summed E-state index contributed by atoms with van der Waals surface area (Å²) in [5.74, 6) is -0.0512. The van der Waals surface area contributed by atoms with Crippen molar-refractivity contribution < 1.29 is 9.53 Å². The van der Waals surface area contributed by atoms with Gasteiger partial charge in [-0.1, -0.05) is 0 Å². The average Bonchev–Trinajstić information content (AvgIpc) is 2.29. The molecule has 90 valence electrons. The van der Waals surface area contributed by atoms with Crippen LogP contribution in [0, 0.1) is 5.92 Å². The quantitative estimate of drug-likeness (QED) is 0.451. The molecule has 3 heteroatoms. The van der Waals surface area contributed by atoms with E-state index in [1.165, 1.54) is 23.6 Å². The number of esters is 1. The van der Waals surface area contributed by atoms with Crippen LogP contribution >= 0.6 is 0 Å². The number of carbonyl (C=O) groups excluding carboxylic acids is 1. The van der Waals surface area contributed by atoms with Gasteiger partial charge in [-0.15, -0.1) is 0 Å². The van der Waals surface area contributed by atoms with Crippen LogP contribution in [0.15, 0.2) is 23.8 Å². The van der Waals surface area contributed by atoms with Gasteiger partial charge in [-0.05, 0) is 0 Å². The van der Waals surface area contributed by atoms with Crippen molar-refractivity contribution in [1.29, 1.82) is 0 Å². The fourth-order valence-corrected chi connectivity index (χ4v) is 5.10. The second-order valence-electron chi connectivity index (χ2n) is 4.27. The summed E-state index contributed by atoms with van der Waals surface area (Å²) < 4.78 is 4.89. The van der Waals surface area contributed by atoms with Crippen LogP contribution in [0.2, 0.25) is 10.1 Å². The third-order valence-electron chi connectivity index (χ3n) is 3.12. The van der Waals surface area contributed by atoms with Crippen LogP contribution in [-0.4, -0.2) is 28.0 Å². The predicted octanol–water partition coefficient (Wildman–Crippen LogP) is 3.00. The van der Waals surface area contributed by atoms with Crippen molar-refractivity contribution in [2.75, 3.05) is 7.11 Å². The minimum absolute atomic E-state index is 0.0190. The Morgan fingerprint density at radius 3 is 2.81 bits per heavy atom. The number of rotatable bonds is 4. The van der Waals surface area contributed by atoms with Crippen LogP contribution in [0.5, 0.6) is 0 Å². The van der Waals surface area contributed by atoms with E-state index >= 15 is 0 Å². The van der Waals surface area contributed by atoms with Crippen molar-refractivity contribution in [3.8, 4) is 0 Å². The molecule has 1 heterocycles. The van der Waals surface area contributed by atoms with Crippen molar-refractivity contribution in [2.45, 2.75) is 36.8 Å². The fourth-order valence-electron chi connectivity index (χ4n) is 1.88. The number of carbonyl (C=O) groups is 1. The molecule has 0 bridgehead atoms. The standard InChI is InChI=1S/C13H20O2Se/c1-5-6-11(13(14)15-4)12-7-9(2)10(3)8-16-12/h5,11-12H,1,6-8H2,2-4H3. The van der Waals surface area contributed by atoms with Gasteiger partial charge in [-0.2, -0.15) is 0 Å². The first-order chi connectivity index (χ1) is 7.60. The molecule has 1 aliphatic heterocycles. The Balaban J connectivity index is 2.73. The molecular weight excluding hydrogens is 267 g/mol. The van der Waals surface area contributed by atoms with E-state index in [0.29, 0.717) is 19.8 Å². The Hall–Kier alpha value is -0.531. The molecule has 16 heavy (non-hydrogen) atoms. The van der Waals surface area contributed by atoms with Crippen molar-refractivity contribution in [2.24, 2.45) is 5.92 Å². The molecule has 2 atom stereocenters. The molecule has 0 aromatic rings. The normalized spacial score (nSPS) is 22.8. The molecule has 1 rings (SSSR count). The van der Waals surface area contributed by atoms with Crippen LogP contribution in [0.4, 0.5) is 0 Å². The van der Waals surface area contributed by atoms with Crippen molar-refractivity contribution in [3.63, 3.8) is 0 Å². The average molecular weight is 287 g/mol. The Morgan fingerprint density at radius 2 is 2.31 bits per heavy atom. The van der Waals surface area contributed by atoms with E-state index < -0.39 is 0 Å². The molecule has 0 radical (unpaired) electrons. The monoisotopic (exact) mass is 288 g/mol. The summed E-state index contributed by atoms with van der Waals surface area (Å²) in [7, 11) is 1.47. The third kappa shape index (κ3) is 3.23. The molecular formula is C13H20O2Se. The van der Waals surface area contributed by atoms with Crippen molar-refractivity contribution >= 4 is 20.9 Å². The van der Waals surface area contributed by atoms with Crippen LogP contribution in [0.3, 0.4) is 0 Å². The maximum atomic E-state index is 11.7. The van der Waals surface area contributed by atoms with Crippen LogP contribution in [-0.2, 0) is 9.53 Å². The first-order valence-electron chi connectivity index (χ1n) is 5.55. The number of hydrogen-bond donors (Lipinski definition) is 0. The summed E-state index contributed by atoms with van der Waals surface area (Å²) in [6.45, 7) is 8.12. The number of methoxy groups -OCH3 is 1. The number of hydrogen-bond acceptors (Lipinski definition) is 2. The second-order valence-corrected chi connectivity index (χ2v) is 6.84. The molecule has 0 N–H and O–H groups in total. The molecule has 0 aromatic carbocycles.